The SMILES string of the molecule is CCC(O)CCNC(C)c1ccc2cc(OC)ccc2c1. The molecule has 0 saturated carbocycles. The van der Waals surface area contributed by atoms with Gasteiger partial charge in [0.05, 0.1) is 13.2 Å². The van der Waals surface area contributed by atoms with E-state index in [0.29, 0.717) is 0 Å². The Morgan fingerprint density at radius 2 is 1.86 bits per heavy atom. The highest BCUT2D eigenvalue weighted by molar-refractivity contribution is 5.84. The van der Waals surface area contributed by atoms with Crippen LogP contribution in [0, 0.1) is 0 Å². The number of aliphatic hydroxyl groups is 1. The second kappa shape index (κ2) is 7.43. The van der Waals surface area contributed by atoms with E-state index in [0.717, 1.165) is 25.1 Å². The van der Waals surface area contributed by atoms with E-state index in [1.54, 1.807) is 7.11 Å². The Balaban J connectivity index is 2.04. The third-order valence-electron chi connectivity index (χ3n) is 3.97. The lowest BCUT2D eigenvalue weighted by Crippen LogP contribution is -2.23. The molecule has 0 heterocycles. The zero-order valence-electron chi connectivity index (χ0n) is 13.1. The highest BCUT2D eigenvalue weighted by Gasteiger charge is 2.07. The van der Waals surface area contributed by atoms with E-state index >= 15 is 0 Å². The van der Waals surface area contributed by atoms with Gasteiger partial charge in [0.25, 0.3) is 0 Å². The fourth-order valence-electron chi connectivity index (χ4n) is 2.43. The van der Waals surface area contributed by atoms with Gasteiger partial charge < -0.3 is 15.2 Å². The zero-order chi connectivity index (χ0) is 15.2. The Morgan fingerprint density at radius 1 is 1.14 bits per heavy atom. The minimum atomic E-state index is -0.200. The molecule has 0 aromatic heterocycles. The van der Waals surface area contributed by atoms with Gasteiger partial charge in [-0.2, -0.15) is 0 Å². The number of nitrogens with one attached hydrogen (secondary N) is 1. The van der Waals surface area contributed by atoms with Crippen molar-refractivity contribution in [1.29, 1.82) is 0 Å². The van der Waals surface area contributed by atoms with Crippen molar-refractivity contribution < 1.29 is 9.84 Å². The molecule has 2 unspecified atom stereocenters. The summed E-state index contributed by atoms with van der Waals surface area (Å²) >= 11 is 0. The molecule has 3 nitrogen and oxygen atoms in total. The van der Waals surface area contributed by atoms with Crippen LogP contribution in [0.25, 0.3) is 10.8 Å². The predicted octanol–water partition coefficient (Wildman–Crippen LogP) is 3.66. The number of methoxy groups -OCH3 is 1. The quantitative estimate of drug-likeness (QED) is 0.816. The predicted molar refractivity (Wildman–Crippen MR) is 87.8 cm³/mol. The van der Waals surface area contributed by atoms with Crippen molar-refractivity contribution >= 4 is 10.8 Å². The summed E-state index contributed by atoms with van der Waals surface area (Å²) < 4.78 is 5.25. The summed E-state index contributed by atoms with van der Waals surface area (Å²) in [5, 5.41) is 15.5. The van der Waals surface area contributed by atoms with Crippen molar-refractivity contribution in [1.82, 2.24) is 5.32 Å². The molecule has 0 amide bonds. The van der Waals surface area contributed by atoms with Crippen LogP contribution >= 0.6 is 0 Å². The molecular formula is C18H25NO2. The monoisotopic (exact) mass is 287 g/mol. The Labute approximate surface area is 126 Å². The van der Waals surface area contributed by atoms with Gasteiger partial charge in [-0.25, -0.2) is 0 Å². The first-order valence-corrected chi connectivity index (χ1v) is 7.63. The van der Waals surface area contributed by atoms with Crippen LogP contribution in [-0.4, -0.2) is 24.9 Å². The summed E-state index contributed by atoms with van der Waals surface area (Å²) in [6.07, 6.45) is 1.41. The first-order valence-electron chi connectivity index (χ1n) is 7.63. The molecule has 0 bridgehead atoms. The van der Waals surface area contributed by atoms with Crippen molar-refractivity contribution in [3.05, 3.63) is 42.0 Å². The van der Waals surface area contributed by atoms with Crippen LogP contribution in [0.15, 0.2) is 36.4 Å². The van der Waals surface area contributed by atoms with Crippen LogP contribution < -0.4 is 10.1 Å². The maximum Gasteiger partial charge on any atom is 0.119 e. The maximum atomic E-state index is 9.58. The van der Waals surface area contributed by atoms with E-state index in [-0.39, 0.29) is 12.1 Å². The molecule has 2 N–H and O–H groups in total. The molecule has 2 atom stereocenters. The van der Waals surface area contributed by atoms with E-state index in [1.165, 1.54) is 16.3 Å². The Morgan fingerprint density at radius 3 is 2.57 bits per heavy atom. The average molecular weight is 287 g/mol. The summed E-state index contributed by atoms with van der Waals surface area (Å²) in [6.45, 7) is 4.99. The molecule has 0 radical (unpaired) electrons. The number of aliphatic hydroxyl groups excluding tert-OH is 1. The fourth-order valence-corrected chi connectivity index (χ4v) is 2.43. The molecule has 0 aliphatic rings. The van der Waals surface area contributed by atoms with E-state index in [2.05, 4.69) is 42.6 Å². The highest BCUT2D eigenvalue weighted by atomic mass is 16.5. The van der Waals surface area contributed by atoms with Gasteiger partial charge in [0.2, 0.25) is 0 Å². The number of ether oxygens (including phenoxy) is 1. The molecule has 2 aromatic carbocycles. The molecule has 114 valence electrons. The van der Waals surface area contributed by atoms with Gasteiger partial charge in [0, 0.05) is 6.04 Å². The van der Waals surface area contributed by atoms with Crippen LogP contribution in [0.4, 0.5) is 0 Å². The molecule has 0 saturated heterocycles. The van der Waals surface area contributed by atoms with Crippen molar-refractivity contribution in [2.75, 3.05) is 13.7 Å². The lowest BCUT2D eigenvalue weighted by atomic mass is 10.0. The normalized spacial score (nSPS) is 14.1. The van der Waals surface area contributed by atoms with Gasteiger partial charge in [-0.3, -0.25) is 0 Å². The van der Waals surface area contributed by atoms with Gasteiger partial charge in [-0.1, -0.05) is 25.1 Å². The molecule has 2 rings (SSSR count). The molecule has 0 spiro atoms. The van der Waals surface area contributed by atoms with Crippen molar-refractivity contribution in [2.24, 2.45) is 0 Å². The fraction of sp³-hybridized carbons (Fsp3) is 0.444. The van der Waals surface area contributed by atoms with Gasteiger partial charge in [0.1, 0.15) is 5.75 Å². The third-order valence-corrected chi connectivity index (χ3v) is 3.97. The Bertz CT molecular complexity index is 582. The lowest BCUT2D eigenvalue weighted by Gasteiger charge is -2.16. The van der Waals surface area contributed by atoms with Crippen molar-refractivity contribution in [2.45, 2.75) is 38.8 Å². The second-order valence-electron chi connectivity index (χ2n) is 5.50. The topological polar surface area (TPSA) is 41.5 Å². The van der Waals surface area contributed by atoms with Crippen LogP contribution in [0.3, 0.4) is 0 Å². The van der Waals surface area contributed by atoms with Gasteiger partial charge in [-0.05, 0) is 60.8 Å². The third kappa shape index (κ3) is 4.19. The van der Waals surface area contributed by atoms with E-state index in [4.69, 9.17) is 4.74 Å². The largest absolute Gasteiger partial charge is 0.497 e. The van der Waals surface area contributed by atoms with Crippen LogP contribution in [0.1, 0.15) is 38.3 Å². The van der Waals surface area contributed by atoms with Crippen molar-refractivity contribution in [3.8, 4) is 5.75 Å². The van der Waals surface area contributed by atoms with E-state index in [1.807, 2.05) is 13.0 Å². The molecule has 0 fully saturated rings. The lowest BCUT2D eigenvalue weighted by molar-refractivity contribution is 0.159. The standard InChI is InChI=1S/C18H25NO2/c1-4-17(20)9-10-19-13(2)14-5-6-16-12-18(21-3)8-7-15(16)11-14/h5-8,11-13,17,19-20H,4,9-10H2,1-3H3. The van der Waals surface area contributed by atoms with Crippen molar-refractivity contribution in [3.63, 3.8) is 0 Å². The summed E-state index contributed by atoms with van der Waals surface area (Å²) in [5.41, 5.74) is 1.26. The number of hydrogen-bond donors (Lipinski definition) is 2. The van der Waals surface area contributed by atoms with Crippen LogP contribution in [0.2, 0.25) is 0 Å². The van der Waals surface area contributed by atoms with Crippen LogP contribution in [-0.2, 0) is 0 Å². The zero-order valence-corrected chi connectivity index (χ0v) is 13.1. The summed E-state index contributed by atoms with van der Waals surface area (Å²) in [4.78, 5) is 0. The molecule has 2 aromatic rings. The Hall–Kier alpha value is -1.58. The summed E-state index contributed by atoms with van der Waals surface area (Å²) in [5.74, 6) is 0.884. The smallest absolute Gasteiger partial charge is 0.119 e. The van der Waals surface area contributed by atoms with Gasteiger partial charge >= 0.3 is 0 Å². The van der Waals surface area contributed by atoms with Gasteiger partial charge in [0.15, 0.2) is 0 Å². The summed E-state index contributed by atoms with van der Waals surface area (Å²) in [7, 11) is 1.69. The minimum absolute atomic E-state index is 0.200. The van der Waals surface area contributed by atoms with E-state index in [9.17, 15) is 5.11 Å². The highest BCUT2D eigenvalue weighted by Crippen LogP contribution is 2.24. The average Bonchev–Trinajstić information content (AvgIpc) is 2.53. The number of benzene rings is 2. The van der Waals surface area contributed by atoms with Crippen LogP contribution in [0.5, 0.6) is 5.75 Å². The first kappa shape index (κ1) is 15.8. The number of fused-ring (bicyclic) bond motifs is 1. The van der Waals surface area contributed by atoms with Gasteiger partial charge in [-0.15, -0.1) is 0 Å². The maximum absolute atomic E-state index is 9.58. The molecular weight excluding hydrogens is 262 g/mol. The summed E-state index contributed by atoms with van der Waals surface area (Å²) in [6, 6.07) is 12.9. The minimum Gasteiger partial charge on any atom is -0.497 e. The Kier molecular flexibility index (Phi) is 5.59. The molecule has 0 aliphatic heterocycles. The van der Waals surface area contributed by atoms with E-state index < -0.39 is 0 Å². The molecule has 21 heavy (non-hydrogen) atoms. The molecule has 3 heteroatoms. The molecule has 0 aliphatic carbocycles. The first-order chi connectivity index (χ1) is 10.1. The second-order valence-corrected chi connectivity index (χ2v) is 5.50. The number of hydrogen-bond acceptors (Lipinski definition) is 3. The number of rotatable bonds is 7.